The Hall–Kier alpha value is -2.11. The Labute approximate surface area is 153 Å². The van der Waals surface area contributed by atoms with E-state index in [2.05, 4.69) is 9.88 Å². The monoisotopic (exact) mass is 359 g/mol. The predicted octanol–water partition coefficient (Wildman–Crippen LogP) is 2.85. The molecule has 2 heterocycles. The Bertz CT molecular complexity index is 679. The molecule has 1 amide bonds. The van der Waals surface area contributed by atoms with Crippen molar-refractivity contribution in [2.45, 2.75) is 13.0 Å². The van der Waals surface area contributed by atoms with Gasteiger partial charge in [-0.25, -0.2) is 0 Å². The average molecular weight is 360 g/mol. The maximum Gasteiger partial charge on any atom is 0.224 e. The van der Waals surface area contributed by atoms with E-state index in [0.717, 1.165) is 37.6 Å². The van der Waals surface area contributed by atoms with Crippen LogP contribution in [-0.2, 0) is 11.3 Å². The van der Waals surface area contributed by atoms with Crippen LogP contribution in [0.15, 0.2) is 48.7 Å². The molecule has 132 valence electrons. The maximum absolute atomic E-state index is 12.3. The minimum Gasteiger partial charge on any atom is -0.492 e. The Kier molecular flexibility index (Phi) is 6.25. The van der Waals surface area contributed by atoms with Crippen LogP contribution in [0.5, 0.6) is 5.75 Å². The molecule has 1 fully saturated rings. The Morgan fingerprint density at radius 1 is 1.08 bits per heavy atom. The van der Waals surface area contributed by atoms with E-state index in [0.29, 0.717) is 24.6 Å². The molecule has 0 atom stereocenters. The zero-order valence-electron chi connectivity index (χ0n) is 14.1. The van der Waals surface area contributed by atoms with Crippen LogP contribution in [0.3, 0.4) is 0 Å². The molecule has 0 N–H and O–H groups in total. The highest BCUT2D eigenvalue weighted by Gasteiger charge is 2.21. The molecule has 1 aromatic heterocycles. The minimum atomic E-state index is 0.187. The third-order valence-electron chi connectivity index (χ3n) is 4.25. The second-order valence-corrected chi connectivity index (χ2v) is 6.47. The number of amides is 1. The smallest absolute Gasteiger partial charge is 0.224 e. The number of halogens is 1. The summed E-state index contributed by atoms with van der Waals surface area (Å²) in [6.07, 6.45) is 2.30. The summed E-state index contributed by atoms with van der Waals surface area (Å²) in [5.74, 6) is 0.999. The Balaban J connectivity index is 1.45. The summed E-state index contributed by atoms with van der Waals surface area (Å²) in [4.78, 5) is 20.8. The molecule has 1 saturated heterocycles. The quantitative estimate of drug-likeness (QED) is 0.795. The summed E-state index contributed by atoms with van der Waals surface area (Å²) >= 11 is 5.87. The maximum atomic E-state index is 12.3. The van der Waals surface area contributed by atoms with Crippen molar-refractivity contribution in [1.82, 2.24) is 14.8 Å². The van der Waals surface area contributed by atoms with E-state index in [-0.39, 0.29) is 5.91 Å². The highest BCUT2D eigenvalue weighted by Crippen LogP contribution is 2.15. The van der Waals surface area contributed by atoms with Gasteiger partial charge in [0, 0.05) is 43.8 Å². The fourth-order valence-corrected chi connectivity index (χ4v) is 2.94. The van der Waals surface area contributed by atoms with E-state index < -0.39 is 0 Å². The molecule has 1 aromatic carbocycles. The van der Waals surface area contributed by atoms with Crippen molar-refractivity contribution in [3.05, 3.63) is 59.4 Å². The summed E-state index contributed by atoms with van der Waals surface area (Å²) in [6, 6.07) is 13.1. The van der Waals surface area contributed by atoms with Gasteiger partial charge in [-0.15, -0.1) is 0 Å². The predicted molar refractivity (Wildman–Crippen MR) is 97.7 cm³/mol. The highest BCUT2D eigenvalue weighted by molar-refractivity contribution is 6.30. The van der Waals surface area contributed by atoms with Gasteiger partial charge in [0.05, 0.1) is 12.2 Å². The number of carbonyl (C=O) groups excluding carboxylic acids is 1. The van der Waals surface area contributed by atoms with E-state index in [4.69, 9.17) is 16.3 Å². The fraction of sp³-hybridized carbons (Fsp3) is 0.368. The van der Waals surface area contributed by atoms with Crippen molar-refractivity contribution in [3.8, 4) is 5.75 Å². The van der Waals surface area contributed by atoms with Crippen LogP contribution in [0.1, 0.15) is 12.1 Å². The summed E-state index contributed by atoms with van der Waals surface area (Å²) in [5, 5.41) is 0.700. The van der Waals surface area contributed by atoms with Crippen LogP contribution in [0.25, 0.3) is 0 Å². The van der Waals surface area contributed by atoms with Crippen LogP contribution in [0, 0.1) is 0 Å². The molecule has 25 heavy (non-hydrogen) atoms. The number of carbonyl (C=O) groups is 1. The fourth-order valence-electron chi connectivity index (χ4n) is 2.81. The number of hydrogen-bond donors (Lipinski definition) is 0. The summed E-state index contributed by atoms with van der Waals surface area (Å²) in [6.45, 7) is 4.30. The Morgan fingerprint density at radius 3 is 2.68 bits per heavy atom. The van der Waals surface area contributed by atoms with Crippen molar-refractivity contribution in [1.29, 1.82) is 0 Å². The van der Waals surface area contributed by atoms with Crippen molar-refractivity contribution in [2.24, 2.45) is 0 Å². The van der Waals surface area contributed by atoms with Crippen molar-refractivity contribution < 1.29 is 9.53 Å². The van der Waals surface area contributed by atoms with Gasteiger partial charge in [0.15, 0.2) is 0 Å². The Morgan fingerprint density at radius 2 is 1.92 bits per heavy atom. The van der Waals surface area contributed by atoms with Crippen LogP contribution >= 0.6 is 11.6 Å². The number of rotatable bonds is 6. The average Bonchev–Trinajstić information content (AvgIpc) is 2.80. The van der Waals surface area contributed by atoms with E-state index in [1.165, 1.54) is 0 Å². The third kappa shape index (κ3) is 5.44. The zero-order valence-corrected chi connectivity index (χ0v) is 14.9. The van der Waals surface area contributed by atoms with E-state index in [1.54, 1.807) is 6.20 Å². The first-order valence-electron chi connectivity index (χ1n) is 8.49. The molecule has 6 heteroatoms. The molecule has 0 aliphatic carbocycles. The second kappa shape index (κ2) is 8.83. The lowest BCUT2D eigenvalue weighted by Crippen LogP contribution is -2.34. The van der Waals surface area contributed by atoms with Crippen LogP contribution in [-0.4, -0.2) is 53.5 Å². The molecule has 0 bridgehead atoms. The van der Waals surface area contributed by atoms with Gasteiger partial charge in [-0.2, -0.15) is 0 Å². The SMILES string of the molecule is O=C1CCN(CCOc2ccc(Cl)cc2)CCN1Cc1ccccn1. The van der Waals surface area contributed by atoms with Gasteiger partial charge in [0.25, 0.3) is 0 Å². The van der Waals surface area contributed by atoms with Gasteiger partial charge in [0.1, 0.15) is 12.4 Å². The standard InChI is InChI=1S/C19H22ClN3O2/c20-16-4-6-18(7-5-16)25-14-13-22-10-8-19(24)23(12-11-22)15-17-3-1-2-9-21-17/h1-7,9H,8,10-15H2. The van der Waals surface area contributed by atoms with E-state index in [9.17, 15) is 4.79 Å². The topological polar surface area (TPSA) is 45.7 Å². The second-order valence-electron chi connectivity index (χ2n) is 6.03. The van der Waals surface area contributed by atoms with E-state index in [1.807, 2.05) is 47.4 Å². The van der Waals surface area contributed by atoms with Gasteiger partial charge < -0.3 is 9.64 Å². The first kappa shape index (κ1) is 17.7. The van der Waals surface area contributed by atoms with Crippen LogP contribution in [0.4, 0.5) is 0 Å². The first-order valence-corrected chi connectivity index (χ1v) is 8.87. The van der Waals surface area contributed by atoms with Crippen LogP contribution in [0.2, 0.25) is 5.02 Å². The first-order chi connectivity index (χ1) is 12.2. The summed E-state index contributed by atoms with van der Waals surface area (Å²) < 4.78 is 5.75. The normalized spacial score (nSPS) is 15.9. The van der Waals surface area contributed by atoms with Crippen LogP contribution < -0.4 is 4.74 Å². The lowest BCUT2D eigenvalue weighted by molar-refractivity contribution is -0.131. The van der Waals surface area contributed by atoms with Gasteiger partial charge in [-0.3, -0.25) is 14.7 Å². The zero-order chi connectivity index (χ0) is 17.5. The van der Waals surface area contributed by atoms with E-state index >= 15 is 0 Å². The molecule has 2 aromatic rings. The molecule has 3 rings (SSSR count). The van der Waals surface area contributed by atoms with Gasteiger partial charge >= 0.3 is 0 Å². The lowest BCUT2D eigenvalue weighted by Gasteiger charge is -2.22. The molecule has 5 nitrogen and oxygen atoms in total. The molecule has 0 spiro atoms. The molecule has 1 aliphatic rings. The minimum absolute atomic E-state index is 0.187. The van der Waals surface area contributed by atoms with Gasteiger partial charge in [0.2, 0.25) is 5.91 Å². The number of benzene rings is 1. The largest absolute Gasteiger partial charge is 0.492 e. The van der Waals surface area contributed by atoms with Gasteiger partial charge in [-0.1, -0.05) is 17.7 Å². The molecule has 0 saturated carbocycles. The number of pyridine rings is 1. The number of ether oxygens (including phenoxy) is 1. The summed E-state index contributed by atoms with van der Waals surface area (Å²) in [7, 11) is 0. The van der Waals surface area contributed by atoms with Crippen molar-refractivity contribution in [2.75, 3.05) is 32.8 Å². The number of nitrogens with zero attached hydrogens (tertiary/aromatic N) is 3. The molecule has 0 radical (unpaired) electrons. The lowest BCUT2D eigenvalue weighted by atomic mass is 10.3. The third-order valence-corrected chi connectivity index (χ3v) is 4.50. The number of aromatic nitrogens is 1. The molecular weight excluding hydrogens is 338 g/mol. The van der Waals surface area contributed by atoms with Gasteiger partial charge in [-0.05, 0) is 36.4 Å². The highest BCUT2D eigenvalue weighted by atomic mass is 35.5. The molecular formula is C19H22ClN3O2. The molecule has 0 unspecified atom stereocenters. The number of hydrogen-bond acceptors (Lipinski definition) is 4. The van der Waals surface area contributed by atoms with Crippen molar-refractivity contribution >= 4 is 17.5 Å². The molecule has 1 aliphatic heterocycles. The van der Waals surface area contributed by atoms with Crippen molar-refractivity contribution in [3.63, 3.8) is 0 Å². The summed E-state index contributed by atoms with van der Waals surface area (Å²) in [5.41, 5.74) is 0.926.